The van der Waals surface area contributed by atoms with E-state index in [1.54, 1.807) is 30.6 Å². The van der Waals surface area contributed by atoms with Crippen molar-refractivity contribution in [3.63, 3.8) is 0 Å². The molecule has 0 spiro atoms. The highest BCUT2D eigenvalue weighted by Crippen LogP contribution is 2.14. The number of amides is 3. The van der Waals surface area contributed by atoms with Crippen molar-refractivity contribution in [2.24, 2.45) is 0 Å². The molecule has 3 amide bonds. The molecular weight excluding hydrogens is 408 g/mol. The van der Waals surface area contributed by atoms with Gasteiger partial charge in [0.15, 0.2) is 0 Å². The second-order valence-electron chi connectivity index (χ2n) is 8.84. The van der Waals surface area contributed by atoms with E-state index in [-0.39, 0.29) is 24.8 Å². The van der Waals surface area contributed by atoms with Gasteiger partial charge in [-0.25, -0.2) is 4.79 Å². The van der Waals surface area contributed by atoms with Crippen LogP contribution in [0.3, 0.4) is 0 Å². The molecule has 1 aliphatic heterocycles. The maximum atomic E-state index is 12.9. The van der Waals surface area contributed by atoms with Crippen LogP contribution in [0.15, 0.2) is 48.8 Å². The second kappa shape index (κ2) is 10.3. The van der Waals surface area contributed by atoms with Gasteiger partial charge in [-0.05, 0) is 63.6 Å². The van der Waals surface area contributed by atoms with E-state index in [1.807, 2.05) is 53.4 Å². The number of benzene rings is 1. The minimum atomic E-state index is -0.572. The number of hydrogen-bond acceptors (Lipinski definition) is 4. The van der Waals surface area contributed by atoms with Crippen LogP contribution >= 0.6 is 0 Å². The maximum absolute atomic E-state index is 12.9. The molecule has 1 aromatic heterocycles. The van der Waals surface area contributed by atoms with Crippen LogP contribution in [0.5, 0.6) is 0 Å². The summed E-state index contributed by atoms with van der Waals surface area (Å²) in [4.78, 5) is 40.8. The van der Waals surface area contributed by atoms with Crippen molar-refractivity contribution < 1.29 is 19.1 Å². The molecule has 1 aliphatic rings. The summed E-state index contributed by atoms with van der Waals surface area (Å²) in [5.41, 5.74) is 1.07. The summed E-state index contributed by atoms with van der Waals surface area (Å²) in [7, 11) is 0. The fourth-order valence-electron chi connectivity index (χ4n) is 3.58. The number of carbonyl (C=O) groups excluding carboxylic acids is 3. The van der Waals surface area contributed by atoms with Crippen LogP contribution in [0, 0.1) is 0 Å². The Kier molecular flexibility index (Phi) is 7.56. The highest BCUT2D eigenvalue weighted by Gasteiger charge is 2.23. The topological polar surface area (TPSA) is 83.9 Å². The molecular formula is C24H32N4O4. The standard InChI is InChI=1S/C24H32N4O4/c1-24(2,3)32-23(31)25-12-11-21(29)27-15-6-16-28(18-17-27)22(30)19-7-9-20(10-8-19)26-13-4-5-14-26/h4-5,7-10,13-14H,6,11-12,15-18H2,1-3H3,(H,25,31). The number of nitrogens with zero attached hydrogens (tertiary/aromatic N) is 3. The molecule has 0 aliphatic carbocycles. The lowest BCUT2D eigenvalue weighted by Gasteiger charge is -2.23. The Morgan fingerprint density at radius 1 is 0.938 bits per heavy atom. The molecule has 1 aromatic carbocycles. The molecule has 1 fully saturated rings. The first-order valence-electron chi connectivity index (χ1n) is 11.0. The summed E-state index contributed by atoms with van der Waals surface area (Å²) in [5, 5.41) is 2.61. The molecule has 0 unspecified atom stereocenters. The number of carbonyl (C=O) groups is 3. The lowest BCUT2D eigenvalue weighted by molar-refractivity contribution is -0.130. The summed E-state index contributed by atoms with van der Waals surface area (Å²) < 4.78 is 7.16. The van der Waals surface area contributed by atoms with Crippen LogP contribution in [-0.2, 0) is 9.53 Å². The van der Waals surface area contributed by atoms with Crippen molar-refractivity contribution in [3.05, 3.63) is 54.4 Å². The van der Waals surface area contributed by atoms with E-state index < -0.39 is 11.7 Å². The lowest BCUT2D eigenvalue weighted by Crippen LogP contribution is -2.39. The molecule has 8 heteroatoms. The summed E-state index contributed by atoms with van der Waals surface area (Å²) in [6.07, 6.45) is 4.31. The van der Waals surface area contributed by atoms with E-state index in [0.29, 0.717) is 31.7 Å². The minimum absolute atomic E-state index is 0.0232. The van der Waals surface area contributed by atoms with Gasteiger partial charge in [0.05, 0.1) is 0 Å². The van der Waals surface area contributed by atoms with Gasteiger partial charge in [-0.1, -0.05) is 0 Å². The molecule has 2 aromatic rings. The van der Waals surface area contributed by atoms with E-state index in [2.05, 4.69) is 5.32 Å². The van der Waals surface area contributed by atoms with Crippen molar-refractivity contribution >= 4 is 17.9 Å². The Bertz CT molecular complexity index is 916. The third-order valence-corrected chi connectivity index (χ3v) is 5.16. The smallest absolute Gasteiger partial charge is 0.407 e. The van der Waals surface area contributed by atoms with Crippen molar-refractivity contribution in [1.82, 2.24) is 19.7 Å². The predicted molar refractivity (Wildman–Crippen MR) is 122 cm³/mol. The van der Waals surface area contributed by atoms with Crippen LogP contribution in [0.2, 0.25) is 0 Å². The summed E-state index contributed by atoms with van der Waals surface area (Å²) in [5.74, 6) is -0.0589. The zero-order valence-corrected chi connectivity index (χ0v) is 19.0. The molecule has 0 atom stereocenters. The van der Waals surface area contributed by atoms with Crippen LogP contribution < -0.4 is 5.32 Å². The third kappa shape index (κ3) is 6.60. The number of ether oxygens (including phenoxy) is 1. The first-order valence-corrected chi connectivity index (χ1v) is 11.0. The summed E-state index contributed by atoms with van der Waals surface area (Å²) in [6, 6.07) is 11.5. The van der Waals surface area contributed by atoms with Crippen LogP contribution in [0.25, 0.3) is 5.69 Å². The third-order valence-electron chi connectivity index (χ3n) is 5.16. The summed E-state index contributed by atoms with van der Waals surface area (Å²) >= 11 is 0. The van der Waals surface area contributed by atoms with Gasteiger partial charge in [0, 0.05) is 62.8 Å². The van der Waals surface area contributed by atoms with Crippen molar-refractivity contribution in [2.75, 3.05) is 32.7 Å². The molecule has 32 heavy (non-hydrogen) atoms. The molecule has 172 valence electrons. The number of hydrogen-bond donors (Lipinski definition) is 1. The Morgan fingerprint density at radius 3 is 2.22 bits per heavy atom. The van der Waals surface area contributed by atoms with E-state index in [0.717, 1.165) is 12.1 Å². The SMILES string of the molecule is CC(C)(C)OC(=O)NCCC(=O)N1CCCN(C(=O)c2ccc(-n3cccc3)cc2)CC1. The van der Waals surface area contributed by atoms with Gasteiger partial charge in [-0.15, -0.1) is 0 Å². The Hall–Kier alpha value is -3.29. The van der Waals surface area contributed by atoms with Gasteiger partial charge in [0.2, 0.25) is 5.91 Å². The molecule has 3 rings (SSSR count). The van der Waals surface area contributed by atoms with Crippen molar-refractivity contribution in [2.45, 2.75) is 39.2 Å². The van der Waals surface area contributed by atoms with Gasteiger partial charge in [-0.3, -0.25) is 9.59 Å². The number of nitrogens with one attached hydrogen (secondary N) is 1. The van der Waals surface area contributed by atoms with E-state index in [9.17, 15) is 14.4 Å². The van der Waals surface area contributed by atoms with E-state index in [4.69, 9.17) is 4.74 Å². The van der Waals surface area contributed by atoms with E-state index >= 15 is 0 Å². The van der Waals surface area contributed by atoms with Gasteiger partial charge < -0.3 is 24.4 Å². The first kappa shape index (κ1) is 23.4. The molecule has 8 nitrogen and oxygen atoms in total. The molecule has 0 saturated carbocycles. The fourth-order valence-corrected chi connectivity index (χ4v) is 3.58. The lowest BCUT2D eigenvalue weighted by atomic mass is 10.1. The molecule has 1 N–H and O–H groups in total. The average Bonchev–Trinajstić information content (AvgIpc) is 3.16. The largest absolute Gasteiger partial charge is 0.444 e. The molecule has 0 radical (unpaired) electrons. The monoisotopic (exact) mass is 440 g/mol. The summed E-state index contributed by atoms with van der Waals surface area (Å²) in [6.45, 7) is 7.78. The van der Waals surface area contributed by atoms with Crippen molar-refractivity contribution in [3.8, 4) is 5.69 Å². The zero-order chi connectivity index (χ0) is 23.1. The predicted octanol–water partition coefficient (Wildman–Crippen LogP) is 3.07. The first-order chi connectivity index (χ1) is 15.2. The Morgan fingerprint density at radius 2 is 1.56 bits per heavy atom. The van der Waals surface area contributed by atoms with Crippen LogP contribution in [-0.4, -0.2) is 70.6 Å². The fraction of sp³-hybridized carbons (Fsp3) is 0.458. The van der Waals surface area contributed by atoms with Gasteiger partial charge in [-0.2, -0.15) is 0 Å². The van der Waals surface area contributed by atoms with Crippen LogP contribution in [0.1, 0.15) is 44.0 Å². The van der Waals surface area contributed by atoms with E-state index in [1.165, 1.54) is 0 Å². The maximum Gasteiger partial charge on any atom is 0.407 e. The number of alkyl carbamates (subject to hydrolysis) is 1. The molecule has 0 bridgehead atoms. The van der Waals surface area contributed by atoms with Gasteiger partial charge >= 0.3 is 6.09 Å². The Labute approximate surface area is 189 Å². The quantitative estimate of drug-likeness (QED) is 0.775. The highest BCUT2D eigenvalue weighted by atomic mass is 16.6. The highest BCUT2D eigenvalue weighted by molar-refractivity contribution is 5.94. The van der Waals surface area contributed by atoms with Crippen LogP contribution in [0.4, 0.5) is 4.79 Å². The van der Waals surface area contributed by atoms with Gasteiger partial charge in [0.1, 0.15) is 5.60 Å². The number of rotatable bonds is 5. The Balaban J connectivity index is 1.47. The van der Waals surface area contributed by atoms with Crippen molar-refractivity contribution in [1.29, 1.82) is 0 Å². The van der Waals surface area contributed by atoms with Gasteiger partial charge in [0.25, 0.3) is 5.91 Å². The second-order valence-corrected chi connectivity index (χ2v) is 8.84. The molecule has 2 heterocycles. The average molecular weight is 441 g/mol. The molecule has 1 saturated heterocycles. The normalized spacial score (nSPS) is 14.6. The number of aromatic nitrogens is 1. The minimum Gasteiger partial charge on any atom is -0.444 e. The zero-order valence-electron chi connectivity index (χ0n) is 19.0.